The maximum absolute atomic E-state index is 14.6. The first-order valence-corrected chi connectivity index (χ1v) is 22.9. The number of rotatable bonds is 5. The molecule has 7 rings (SSSR count). The monoisotopic (exact) mass is 865 g/mol. The molecule has 0 bridgehead atoms. The third-order valence-corrected chi connectivity index (χ3v) is 13.8. The number of carbonyl (C=O) groups is 5. The van der Waals surface area contributed by atoms with E-state index < -0.39 is 80.3 Å². The molecule has 1 unspecified atom stereocenters. The number of benzene rings is 2. The second-order valence-electron chi connectivity index (χ2n) is 16.7. The number of halogens is 1. The second-order valence-corrected chi connectivity index (χ2v) is 18.3. The molecule has 18 heteroatoms. The van der Waals surface area contributed by atoms with Gasteiger partial charge in [0.15, 0.2) is 0 Å². The number of sulfonamides is 1. The Balaban J connectivity index is 1.15. The SMILES string of the molecule is C=C[C@@H]1C[C@@]12NC(=O)[C@@H]1C[C@@H](OC(=O)N3CCNC(c4ccccc4)C3)CN1C(=O)[C@@H](NC(=O)OC1CCCC1)CCCCCCCNc1ccc(F)cc1S(=O)(=O)NC2=O. The van der Waals surface area contributed by atoms with Crippen LogP contribution in [0.1, 0.15) is 88.7 Å². The zero-order valence-electron chi connectivity index (χ0n) is 34.2. The third kappa shape index (κ3) is 10.5. The fraction of sp³-hybridized carbons (Fsp3) is 0.558. The van der Waals surface area contributed by atoms with E-state index in [-0.39, 0.29) is 43.6 Å². The summed E-state index contributed by atoms with van der Waals surface area (Å²) in [6.45, 7) is 5.17. The molecule has 2 saturated heterocycles. The van der Waals surface area contributed by atoms with Gasteiger partial charge in [0.05, 0.1) is 18.3 Å². The van der Waals surface area contributed by atoms with Gasteiger partial charge in [-0.1, -0.05) is 62.1 Å². The number of alkyl carbamates (subject to hydrolysis) is 1. The Kier molecular flexibility index (Phi) is 13.8. The highest BCUT2D eigenvalue weighted by molar-refractivity contribution is 7.90. The van der Waals surface area contributed by atoms with Crippen molar-refractivity contribution in [2.75, 3.05) is 38.0 Å². The lowest BCUT2D eigenvalue weighted by Gasteiger charge is -2.34. The lowest BCUT2D eigenvalue weighted by atomic mass is 10.0. The maximum atomic E-state index is 14.6. The topological polar surface area (TPSA) is 205 Å². The number of hydrogen-bond donors (Lipinski definition) is 5. The minimum Gasteiger partial charge on any atom is -0.446 e. The predicted octanol–water partition coefficient (Wildman–Crippen LogP) is 4.25. The number of carbonyl (C=O) groups excluding carboxylic acids is 5. The molecular formula is C43H56FN7O9S. The Labute approximate surface area is 355 Å². The van der Waals surface area contributed by atoms with Gasteiger partial charge in [-0.05, 0) is 68.7 Å². The minimum absolute atomic E-state index is 0.000301. The molecule has 2 saturated carbocycles. The van der Waals surface area contributed by atoms with Gasteiger partial charge >= 0.3 is 12.2 Å². The summed E-state index contributed by atoms with van der Waals surface area (Å²) >= 11 is 0. The average molecular weight is 866 g/mol. The molecule has 3 aliphatic heterocycles. The van der Waals surface area contributed by atoms with Crippen LogP contribution in [0.15, 0.2) is 66.1 Å². The van der Waals surface area contributed by atoms with E-state index in [9.17, 15) is 36.8 Å². The molecule has 5 aliphatic rings. The molecule has 0 radical (unpaired) electrons. The minimum atomic E-state index is -4.66. The molecule has 61 heavy (non-hydrogen) atoms. The molecule has 5 amide bonds. The van der Waals surface area contributed by atoms with Gasteiger partial charge in [0, 0.05) is 38.5 Å². The summed E-state index contributed by atoms with van der Waals surface area (Å²) in [5.74, 6) is -3.93. The van der Waals surface area contributed by atoms with E-state index in [2.05, 4.69) is 32.6 Å². The smallest absolute Gasteiger partial charge is 0.410 e. The highest BCUT2D eigenvalue weighted by Crippen LogP contribution is 2.45. The average Bonchev–Trinajstić information content (AvgIpc) is 3.49. The van der Waals surface area contributed by atoms with Crippen molar-refractivity contribution in [2.24, 2.45) is 5.92 Å². The molecule has 3 heterocycles. The summed E-state index contributed by atoms with van der Waals surface area (Å²) in [6.07, 6.45) is 5.71. The molecule has 2 aliphatic carbocycles. The fourth-order valence-corrected chi connectivity index (χ4v) is 10.1. The molecule has 4 fully saturated rings. The zero-order valence-corrected chi connectivity index (χ0v) is 35.1. The number of piperazine rings is 1. The van der Waals surface area contributed by atoms with Crippen LogP contribution in [-0.2, 0) is 33.9 Å². The van der Waals surface area contributed by atoms with Crippen molar-refractivity contribution in [1.82, 2.24) is 30.5 Å². The molecule has 2 aromatic carbocycles. The fourth-order valence-electron chi connectivity index (χ4n) is 8.90. The number of hydrogen-bond acceptors (Lipinski definition) is 11. The van der Waals surface area contributed by atoms with E-state index >= 15 is 0 Å². The van der Waals surface area contributed by atoms with Crippen LogP contribution in [0.2, 0.25) is 0 Å². The number of nitrogens with zero attached hydrogens (tertiary/aromatic N) is 2. The lowest BCUT2D eigenvalue weighted by molar-refractivity contribution is -0.141. The summed E-state index contributed by atoms with van der Waals surface area (Å²) in [5.41, 5.74) is -0.655. The molecule has 330 valence electrons. The van der Waals surface area contributed by atoms with Crippen LogP contribution >= 0.6 is 0 Å². The third-order valence-electron chi connectivity index (χ3n) is 12.4. The Morgan fingerprint density at radius 3 is 2.39 bits per heavy atom. The van der Waals surface area contributed by atoms with Gasteiger partial charge in [0.2, 0.25) is 11.8 Å². The largest absolute Gasteiger partial charge is 0.446 e. The molecular weight excluding hydrogens is 810 g/mol. The first kappa shape index (κ1) is 43.8. The van der Waals surface area contributed by atoms with Crippen LogP contribution in [0, 0.1) is 11.7 Å². The quantitative estimate of drug-likeness (QED) is 0.269. The van der Waals surface area contributed by atoms with E-state index in [1.54, 1.807) is 4.90 Å². The summed E-state index contributed by atoms with van der Waals surface area (Å²) in [4.78, 5) is 72.5. The molecule has 16 nitrogen and oxygen atoms in total. The van der Waals surface area contributed by atoms with Crippen LogP contribution in [0.3, 0.4) is 0 Å². The normalized spacial score (nSPS) is 28.9. The molecule has 0 aromatic heterocycles. The van der Waals surface area contributed by atoms with Crippen molar-refractivity contribution in [3.8, 4) is 0 Å². The van der Waals surface area contributed by atoms with E-state index in [0.29, 0.717) is 45.4 Å². The van der Waals surface area contributed by atoms with E-state index in [4.69, 9.17) is 9.47 Å². The van der Waals surface area contributed by atoms with Gasteiger partial charge in [-0.3, -0.25) is 14.4 Å². The Bertz CT molecular complexity index is 2070. The molecule has 6 atom stereocenters. The highest BCUT2D eigenvalue weighted by atomic mass is 32.2. The highest BCUT2D eigenvalue weighted by Gasteiger charge is 2.61. The maximum Gasteiger partial charge on any atom is 0.410 e. The number of fused-ring (bicyclic) bond motifs is 2. The predicted molar refractivity (Wildman–Crippen MR) is 222 cm³/mol. The van der Waals surface area contributed by atoms with Crippen LogP contribution in [0.4, 0.5) is 19.7 Å². The molecule has 2 aromatic rings. The van der Waals surface area contributed by atoms with Crippen molar-refractivity contribution in [2.45, 2.75) is 118 Å². The summed E-state index contributed by atoms with van der Waals surface area (Å²) in [5, 5.41) is 12.0. The van der Waals surface area contributed by atoms with E-state index in [1.807, 2.05) is 30.3 Å². The molecule has 5 N–H and O–H groups in total. The van der Waals surface area contributed by atoms with Gasteiger partial charge in [-0.15, -0.1) is 6.58 Å². The zero-order chi connectivity index (χ0) is 43.1. The first-order chi connectivity index (χ1) is 29.4. The van der Waals surface area contributed by atoms with Crippen molar-refractivity contribution < 1.29 is 46.3 Å². The van der Waals surface area contributed by atoms with Crippen molar-refractivity contribution in [3.63, 3.8) is 0 Å². The first-order valence-electron chi connectivity index (χ1n) is 21.4. The Morgan fingerprint density at radius 2 is 1.64 bits per heavy atom. The van der Waals surface area contributed by atoms with Crippen molar-refractivity contribution in [1.29, 1.82) is 0 Å². The van der Waals surface area contributed by atoms with Gasteiger partial charge in [0.25, 0.3) is 15.9 Å². The lowest BCUT2D eigenvalue weighted by Crippen LogP contribution is -2.58. The summed E-state index contributed by atoms with van der Waals surface area (Å²) in [6, 6.07) is 10.4. The Hall–Kier alpha value is -5.23. The number of anilines is 1. The van der Waals surface area contributed by atoms with Gasteiger partial charge in [-0.2, -0.15) is 0 Å². The van der Waals surface area contributed by atoms with Gasteiger partial charge in [-0.25, -0.2) is 27.1 Å². The Morgan fingerprint density at radius 1 is 0.902 bits per heavy atom. The standard InChI is InChI=1S/C43H56FN7O9S/c1-2-29-25-43(29)40(54)49-61(57,58)37-23-30(44)18-19-33(37)45-20-12-5-3-4-9-17-34(47-41(55)59-31-15-10-11-16-31)39(53)51-26-32(24-36(51)38(52)48-43)60-42(56)50-22-21-46-35(27-50)28-13-7-6-8-14-28/h2,6-8,13-14,18-19,23,29,31-32,34-36,45-46H,1,3-5,9-12,15-17,20-22,24-27H2,(H,47,55)(H,48,52)(H,49,54)/t29-,32-,34+,35?,36+,43-/m1/s1. The van der Waals surface area contributed by atoms with Crippen LogP contribution in [0.25, 0.3) is 0 Å². The molecule has 1 spiro atoms. The number of nitrogens with one attached hydrogen (secondary N) is 5. The summed E-state index contributed by atoms with van der Waals surface area (Å²) < 4.78 is 55.7. The van der Waals surface area contributed by atoms with Crippen LogP contribution in [0.5, 0.6) is 0 Å². The summed E-state index contributed by atoms with van der Waals surface area (Å²) in [7, 11) is -4.66. The van der Waals surface area contributed by atoms with Gasteiger partial charge in [0.1, 0.15) is 40.5 Å². The second kappa shape index (κ2) is 19.2. The van der Waals surface area contributed by atoms with E-state index in [1.165, 1.54) is 17.0 Å². The number of ether oxygens (including phenoxy) is 2. The van der Waals surface area contributed by atoms with Crippen LogP contribution in [-0.4, -0.2) is 111 Å². The number of amides is 5. The van der Waals surface area contributed by atoms with Gasteiger partial charge < -0.3 is 40.5 Å². The van der Waals surface area contributed by atoms with E-state index in [0.717, 1.165) is 56.2 Å². The van der Waals surface area contributed by atoms with Crippen molar-refractivity contribution >= 4 is 45.6 Å². The van der Waals surface area contributed by atoms with Crippen LogP contribution < -0.4 is 26.0 Å². The van der Waals surface area contributed by atoms with Crippen molar-refractivity contribution in [3.05, 3.63) is 72.6 Å².